The highest BCUT2D eigenvalue weighted by molar-refractivity contribution is 4.89. The van der Waals surface area contributed by atoms with Crippen LogP contribution in [0.15, 0.2) is 0 Å². The molecule has 0 aromatic rings. The van der Waals surface area contributed by atoms with Crippen LogP contribution in [0.25, 0.3) is 0 Å². The van der Waals surface area contributed by atoms with Crippen LogP contribution < -0.4 is 5.73 Å². The van der Waals surface area contributed by atoms with Gasteiger partial charge in [0.25, 0.3) is 0 Å². The maximum absolute atomic E-state index is 9.21. The zero-order chi connectivity index (χ0) is 8.59. The zero-order valence-corrected chi connectivity index (χ0v) is 6.21. The Labute approximate surface area is 64.4 Å². The highest BCUT2D eigenvalue weighted by atomic mass is 16.6. The van der Waals surface area contributed by atoms with Crippen LogP contribution >= 0.6 is 0 Å². The van der Waals surface area contributed by atoms with Crippen molar-refractivity contribution >= 4 is 0 Å². The second-order valence-corrected chi connectivity index (χ2v) is 2.79. The lowest BCUT2D eigenvalue weighted by molar-refractivity contribution is -0.247. The smallest absolute Gasteiger partial charge is 0.182 e. The van der Waals surface area contributed by atoms with Crippen LogP contribution in [0.1, 0.15) is 6.92 Å². The summed E-state index contributed by atoms with van der Waals surface area (Å²) in [6, 6.07) is -0.839. The molecule has 1 saturated heterocycles. The van der Waals surface area contributed by atoms with Gasteiger partial charge in [0.15, 0.2) is 6.29 Å². The van der Waals surface area contributed by atoms with E-state index in [1.54, 1.807) is 6.92 Å². The Bertz CT molecular complexity index is 129. The van der Waals surface area contributed by atoms with Gasteiger partial charge in [-0.05, 0) is 6.92 Å². The summed E-state index contributed by atoms with van der Waals surface area (Å²) in [5.41, 5.74) is 5.36. The highest BCUT2D eigenvalue weighted by Gasteiger charge is 2.39. The average Bonchev–Trinajstić information content (AvgIpc) is 1.97. The topological polar surface area (TPSA) is 95.9 Å². The van der Waals surface area contributed by atoms with Crippen LogP contribution in [-0.4, -0.2) is 46.0 Å². The quantitative estimate of drug-likeness (QED) is 0.324. The van der Waals surface area contributed by atoms with Gasteiger partial charge in [-0.1, -0.05) is 0 Å². The number of aliphatic hydroxyl groups excluding tert-OH is 3. The summed E-state index contributed by atoms with van der Waals surface area (Å²) >= 11 is 0. The third-order valence-electron chi connectivity index (χ3n) is 1.92. The van der Waals surface area contributed by atoms with Crippen molar-refractivity contribution < 1.29 is 20.1 Å². The van der Waals surface area contributed by atoms with Gasteiger partial charge in [-0.15, -0.1) is 0 Å². The van der Waals surface area contributed by atoms with Gasteiger partial charge in [-0.25, -0.2) is 0 Å². The molecule has 1 aliphatic heterocycles. The number of hydrogen-bond donors (Lipinski definition) is 4. The molecule has 0 aromatic heterocycles. The van der Waals surface area contributed by atoms with Crippen LogP contribution in [0.2, 0.25) is 0 Å². The maximum Gasteiger partial charge on any atom is 0.182 e. The van der Waals surface area contributed by atoms with E-state index < -0.39 is 30.6 Å². The molecule has 1 rings (SSSR count). The normalized spacial score (nSPS) is 52.6. The highest BCUT2D eigenvalue weighted by Crippen LogP contribution is 2.17. The zero-order valence-electron chi connectivity index (χ0n) is 6.21. The Hall–Kier alpha value is -0.200. The first kappa shape index (κ1) is 8.89. The van der Waals surface area contributed by atoms with Gasteiger partial charge >= 0.3 is 0 Å². The predicted molar refractivity (Wildman–Crippen MR) is 36.5 cm³/mol. The summed E-state index contributed by atoms with van der Waals surface area (Å²) in [6.45, 7) is 1.58. The Morgan fingerprint density at radius 1 is 1.18 bits per heavy atom. The van der Waals surface area contributed by atoms with E-state index in [-0.39, 0.29) is 0 Å². The standard InChI is InChI=1S/C6H13NO4/c1-2-4(8)3(7)5(9)6(10)11-2/h2-6,8-10H,7H2,1H3/t2-,3+,4+,5-,6-/m1/s1. The fraction of sp³-hybridized carbons (Fsp3) is 1.00. The molecule has 66 valence electrons. The largest absolute Gasteiger partial charge is 0.389 e. The van der Waals surface area contributed by atoms with Crippen molar-refractivity contribution in [2.45, 2.75) is 37.6 Å². The van der Waals surface area contributed by atoms with Gasteiger partial charge in [-0.3, -0.25) is 0 Å². The van der Waals surface area contributed by atoms with Gasteiger partial charge in [-0.2, -0.15) is 0 Å². The molecule has 0 bridgehead atoms. The number of aliphatic hydroxyl groups is 3. The third-order valence-corrected chi connectivity index (χ3v) is 1.92. The third kappa shape index (κ3) is 1.52. The van der Waals surface area contributed by atoms with Gasteiger partial charge in [0, 0.05) is 0 Å². The molecule has 0 unspecified atom stereocenters. The minimum Gasteiger partial charge on any atom is -0.389 e. The summed E-state index contributed by atoms with van der Waals surface area (Å²) in [5, 5.41) is 27.3. The minimum atomic E-state index is -1.29. The van der Waals surface area contributed by atoms with E-state index in [4.69, 9.17) is 20.7 Å². The number of nitrogens with two attached hydrogens (primary N) is 1. The lowest BCUT2D eigenvalue weighted by atomic mass is 9.98. The molecule has 5 nitrogen and oxygen atoms in total. The second kappa shape index (κ2) is 3.04. The average molecular weight is 163 g/mol. The molecule has 0 aliphatic carbocycles. The van der Waals surface area contributed by atoms with Crippen molar-refractivity contribution in [3.8, 4) is 0 Å². The number of ether oxygens (including phenoxy) is 1. The van der Waals surface area contributed by atoms with E-state index in [9.17, 15) is 5.11 Å². The lowest BCUT2D eigenvalue weighted by Crippen LogP contribution is -2.60. The van der Waals surface area contributed by atoms with Gasteiger partial charge in [0.2, 0.25) is 0 Å². The molecule has 11 heavy (non-hydrogen) atoms. The molecule has 0 amide bonds. The van der Waals surface area contributed by atoms with Crippen molar-refractivity contribution in [1.82, 2.24) is 0 Å². The first-order valence-corrected chi connectivity index (χ1v) is 3.49. The fourth-order valence-electron chi connectivity index (χ4n) is 1.09. The molecule has 0 spiro atoms. The Morgan fingerprint density at radius 2 is 1.73 bits per heavy atom. The molecule has 1 heterocycles. The molecular weight excluding hydrogens is 150 g/mol. The first-order chi connectivity index (χ1) is 5.04. The Balaban J connectivity index is 2.63. The van der Waals surface area contributed by atoms with Crippen molar-refractivity contribution in [3.63, 3.8) is 0 Å². The fourth-order valence-corrected chi connectivity index (χ4v) is 1.09. The number of hydrogen-bond acceptors (Lipinski definition) is 5. The molecule has 0 saturated carbocycles. The molecule has 5 atom stereocenters. The summed E-state index contributed by atoms with van der Waals surface area (Å²) in [7, 11) is 0. The van der Waals surface area contributed by atoms with Gasteiger partial charge < -0.3 is 25.8 Å². The first-order valence-electron chi connectivity index (χ1n) is 3.49. The van der Waals surface area contributed by atoms with Gasteiger partial charge in [0.1, 0.15) is 6.10 Å². The number of rotatable bonds is 0. The van der Waals surface area contributed by atoms with Crippen molar-refractivity contribution in [1.29, 1.82) is 0 Å². The van der Waals surface area contributed by atoms with Crippen LogP contribution in [0.5, 0.6) is 0 Å². The maximum atomic E-state index is 9.21. The van der Waals surface area contributed by atoms with E-state index >= 15 is 0 Å². The van der Waals surface area contributed by atoms with Crippen LogP contribution in [0.4, 0.5) is 0 Å². The molecular formula is C6H13NO4. The Morgan fingerprint density at radius 3 is 2.27 bits per heavy atom. The second-order valence-electron chi connectivity index (χ2n) is 2.79. The Kier molecular flexibility index (Phi) is 2.46. The van der Waals surface area contributed by atoms with Gasteiger partial charge in [0.05, 0.1) is 18.2 Å². The molecule has 1 fully saturated rings. The monoisotopic (exact) mass is 163 g/mol. The summed E-state index contributed by atoms with van der Waals surface area (Å²) in [6.07, 6.45) is -3.96. The predicted octanol–water partition coefficient (Wildman–Crippen LogP) is -2.23. The summed E-state index contributed by atoms with van der Waals surface area (Å²) in [5.74, 6) is 0. The molecule has 0 radical (unpaired) electrons. The summed E-state index contributed by atoms with van der Waals surface area (Å²) in [4.78, 5) is 0. The molecule has 0 aromatic carbocycles. The molecule has 5 N–H and O–H groups in total. The lowest BCUT2D eigenvalue weighted by Gasteiger charge is -2.37. The van der Waals surface area contributed by atoms with E-state index in [0.717, 1.165) is 0 Å². The molecule has 5 heteroatoms. The van der Waals surface area contributed by atoms with E-state index in [1.165, 1.54) is 0 Å². The SMILES string of the molecule is C[C@H]1O[C@@H](O)[C@H](O)[C@@H](N)[C@H]1O. The minimum absolute atomic E-state index is 0.539. The van der Waals surface area contributed by atoms with E-state index in [0.29, 0.717) is 0 Å². The van der Waals surface area contributed by atoms with Crippen molar-refractivity contribution in [2.24, 2.45) is 5.73 Å². The van der Waals surface area contributed by atoms with Crippen LogP contribution in [-0.2, 0) is 4.74 Å². The van der Waals surface area contributed by atoms with Crippen molar-refractivity contribution in [3.05, 3.63) is 0 Å². The van der Waals surface area contributed by atoms with Crippen LogP contribution in [0, 0.1) is 0 Å². The van der Waals surface area contributed by atoms with Crippen LogP contribution in [0.3, 0.4) is 0 Å². The summed E-state index contributed by atoms with van der Waals surface area (Å²) < 4.78 is 4.76. The van der Waals surface area contributed by atoms with E-state index in [1.807, 2.05) is 0 Å². The van der Waals surface area contributed by atoms with E-state index in [2.05, 4.69) is 0 Å². The molecule has 1 aliphatic rings. The van der Waals surface area contributed by atoms with Crippen molar-refractivity contribution in [2.75, 3.05) is 0 Å².